The molecule has 58 valence electrons. The molecule has 1 amide bonds. The lowest BCUT2D eigenvalue weighted by Crippen LogP contribution is -2.27. The number of ether oxygens (including phenoxy) is 1. The van der Waals surface area contributed by atoms with E-state index in [1.807, 2.05) is 0 Å². The highest BCUT2D eigenvalue weighted by Crippen LogP contribution is 1.97. The van der Waals surface area contributed by atoms with Gasteiger partial charge < -0.3 is 4.74 Å². The fourth-order valence-corrected chi connectivity index (χ4v) is 0.292. The van der Waals surface area contributed by atoms with E-state index < -0.39 is 11.1 Å². The number of hydrogen-bond acceptors (Lipinski definition) is 4. The molecule has 0 saturated heterocycles. The Morgan fingerprint density at radius 2 is 2.40 bits per heavy atom. The molecule has 0 spiro atoms. The molecular weight excluding hydrogens is 163 g/mol. The Hall–Kier alpha value is -1.04. The minimum absolute atomic E-state index is 0.0515. The number of hydrogen-bond donors (Lipinski definition) is 0. The molecule has 0 bridgehead atoms. The van der Waals surface area contributed by atoms with Gasteiger partial charge >= 0.3 is 6.09 Å². The van der Waals surface area contributed by atoms with E-state index in [2.05, 4.69) is 4.74 Å². The van der Waals surface area contributed by atoms with Gasteiger partial charge in [0.15, 0.2) is 5.03 Å². The first kappa shape index (κ1) is 8.96. The number of carbonyl (C=O) groups excluding carboxylic acids is 1. The van der Waals surface area contributed by atoms with Crippen LogP contribution < -0.4 is 0 Å². The summed E-state index contributed by atoms with van der Waals surface area (Å²) < 4.78 is 3.93. The quantitative estimate of drug-likeness (QED) is 0.347. The van der Waals surface area contributed by atoms with Crippen LogP contribution in [0.4, 0.5) is 4.79 Å². The van der Waals surface area contributed by atoms with E-state index in [1.54, 1.807) is 0 Å². The van der Waals surface area contributed by atoms with Crippen LogP contribution in [-0.4, -0.2) is 22.3 Å². The zero-order valence-corrected chi connectivity index (χ0v) is 5.87. The van der Waals surface area contributed by atoms with E-state index in [9.17, 15) is 14.9 Å². The number of hydrazine groups is 1. The molecule has 0 heterocycles. The molecule has 0 radical (unpaired) electrons. The van der Waals surface area contributed by atoms with Crippen LogP contribution in [0.3, 0.4) is 0 Å². The molecule has 0 saturated carbocycles. The summed E-state index contributed by atoms with van der Waals surface area (Å²) in [5.74, 6) is 0. The van der Waals surface area contributed by atoms with Gasteiger partial charge in [0, 0.05) is 0 Å². The first-order valence-corrected chi connectivity index (χ1v) is 2.70. The van der Waals surface area contributed by atoms with Gasteiger partial charge in [-0.3, -0.25) is 0 Å². The Morgan fingerprint density at radius 1 is 1.90 bits per heavy atom. The van der Waals surface area contributed by atoms with Crippen LogP contribution in [0, 0.1) is 10.1 Å². The molecule has 0 rings (SSSR count). The number of nitro groups is 1. The average molecular weight is 169 g/mol. The highest BCUT2D eigenvalue weighted by atomic mass is 35.5. The maximum atomic E-state index is 10.3. The molecule has 0 unspecified atom stereocenters. The van der Waals surface area contributed by atoms with Crippen molar-refractivity contribution in [2.75, 3.05) is 6.61 Å². The van der Waals surface area contributed by atoms with Crippen LogP contribution in [0.1, 0.15) is 6.92 Å². The maximum Gasteiger partial charge on any atom is 0.484 e. The Labute approximate surface area is 61.5 Å². The highest BCUT2D eigenvalue weighted by Gasteiger charge is 2.22. The number of rotatable bonds is 2. The second-order valence-corrected chi connectivity index (χ2v) is 1.52. The monoisotopic (exact) mass is 168 g/mol. The Bertz CT molecular complexity index is 149. The van der Waals surface area contributed by atoms with Crippen LogP contribution in [0.2, 0.25) is 0 Å². The van der Waals surface area contributed by atoms with Crippen LogP contribution in [-0.2, 0) is 4.74 Å². The molecule has 7 heteroatoms. The maximum absolute atomic E-state index is 10.3. The van der Waals surface area contributed by atoms with Gasteiger partial charge in [0.2, 0.25) is 0 Å². The van der Waals surface area contributed by atoms with Crippen molar-refractivity contribution in [3.63, 3.8) is 0 Å². The zero-order valence-electron chi connectivity index (χ0n) is 5.11. The highest BCUT2D eigenvalue weighted by molar-refractivity contribution is 6.18. The van der Waals surface area contributed by atoms with Gasteiger partial charge in [0.05, 0.1) is 22.9 Å². The number of amides is 1. The van der Waals surface area contributed by atoms with Gasteiger partial charge in [-0.05, 0) is 6.92 Å². The van der Waals surface area contributed by atoms with Crippen molar-refractivity contribution in [1.29, 1.82) is 0 Å². The Morgan fingerprint density at radius 3 is 2.70 bits per heavy atom. The molecule has 0 aliphatic carbocycles. The van der Waals surface area contributed by atoms with Gasteiger partial charge in [-0.25, -0.2) is 14.9 Å². The number of nitrogens with zero attached hydrogens (tertiary/aromatic N) is 2. The first-order chi connectivity index (χ1) is 4.59. The van der Waals surface area contributed by atoms with E-state index in [0.717, 1.165) is 0 Å². The first-order valence-electron chi connectivity index (χ1n) is 2.36. The summed E-state index contributed by atoms with van der Waals surface area (Å²) in [6.07, 6.45) is -1.19. The van der Waals surface area contributed by atoms with Crippen molar-refractivity contribution in [2.24, 2.45) is 0 Å². The predicted molar refractivity (Wildman–Crippen MR) is 31.7 cm³/mol. The standard InChI is InChI=1S/C3H5ClN2O4/c1-2-10-3(7)5(4)6(8)9/h2H2,1H3. The molecule has 0 N–H and O–H groups in total. The van der Waals surface area contributed by atoms with Crippen LogP contribution in [0.5, 0.6) is 0 Å². The van der Waals surface area contributed by atoms with Crippen LogP contribution >= 0.6 is 11.8 Å². The third-order valence-electron chi connectivity index (χ3n) is 0.562. The normalized spacial score (nSPS) is 8.60. The van der Waals surface area contributed by atoms with Crippen LogP contribution in [0.15, 0.2) is 0 Å². The topological polar surface area (TPSA) is 72.7 Å². The lowest BCUT2D eigenvalue weighted by Gasteiger charge is -2.01. The molecule has 6 nitrogen and oxygen atoms in total. The summed E-state index contributed by atoms with van der Waals surface area (Å²) in [6.45, 7) is 1.57. The molecule has 0 aromatic rings. The van der Waals surface area contributed by atoms with E-state index in [0.29, 0.717) is 0 Å². The van der Waals surface area contributed by atoms with Crippen molar-refractivity contribution in [3.8, 4) is 0 Å². The van der Waals surface area contributed by atoms with Gasteiger partial charge in [-0.2, -0.15) is 0 Å². The summed E-state index contributed by atoms with van der Waals surface area (Å²) >= 11 is 4.80. The van der Waals surface area contributed by atoms with Crippen molar-refractivity contribution in [2.45, 2.75) is 6.92 Å². The second kappa shape index (κ2) is 3.89. The minimum atomic E-state index is -1.19. The van der Waals surface area contributed by atoms with E-state index in [-0.39, 0.29) is 11.1 Å². The second-order valence-electron chi connectivity index (χ2n) is 1.20. The fraction of sp³-hybridized carbons (Fsp3) is 0.667. The largest absolute Gasteiger partial charge is 0.484 e. The Balaban J connectivity index is 3.82. The van der Waals surface area contributed by atoms with Crippen molar-refractivity contribution < 1.29 is 14.6 Å². The molecule has 10 heavy (non-hydrogen) atoms. The summed E-state index contributed by atoms with van der Waals surface area (Å²) in [6, 6.07) is 0. The van der Waals surface area contributed by atoms with Gasteiger partial charge in [-0.1, -0.05) is 0 Å². The molecule has 0 aliphatic heterocycles. The molecule has 0 atom stereocenters. The smallest absolute Gasteiger partial charge is 0.445 e. The van der Waals surface area contributed by atoms with Gasteiger partial charge in [0.1, 0.15) is 0 Å². The lowest BCUT2D eigenvalue weighted by atomic mass is 10.9. The van der Waals surface area contributed by atoms with E-state index >= 15 is 0 Å². The molecule has 0 aromatic heterocycles. The SMILES string of the molecule is CCOC(=O)N(Cl)[N+](=O)[O-]. The van der Waals surface area contributed by atoms with Gasteiger partial charge in [0.25, 0.3) is 0 Å². The fourth-order valence-electron chi connectivity index (χ4n) is 0.243. The van der Waals surface area contributed by atoms with E-state index in [4.69, 9.17) is 11.8 Å². The molecule has 0 aliphatic rings. The number of halogens is 1. The van der Waals surface area contributed by atoms with Crippen molar-refractivity contribution in [1.82, 2.24) is 4.53 Å². The summed E-state index contributed by atoms with van der Waals surface area (Å²) in [7, 11) is 0. The zero-order chi connectivity index (χ0) is 8.15. The van der Waals surface area contributed by atoms with Gasteiger partial charge in [-0.15, -0.1) is 0 Å². The summed E-state index contributed by atoms with van der Waals surface area (Å²) in [5, 5.41) is 8.63. The summed E-state index contributed by atoms with van der Waals surface area (Å²) in [5.41, 5.74) is 0. The molecular formula is C3H5ClN2O4. The summed E-state index contributed by atoms with van der Waals surface area (Å²) in [4.78, 5) is 20.0. The van der Waals surface area contributed by atoms with Crippen molar-refractivity contribution in [3.05, 3.63) is 10.1 Å². The third-order valence-corrected chi connectivity index (χ3v) is 0.823. The van der Waals surface area contributed by atoms with Crippen LogP contribution in [0.25, 0.3) is 0 Å². The van der Waals surface area contributed by atoms with E-state index in [1.165, 1.54) is 6.92 Å². The minimum Gasteiger partial charge on any atom is -0.445 e. The molecule has 0 fully saturated rings. The number of carbonyl (C=O) groups is 1. The van der Waals surface area contributed by atoms with Crippen molar-refractivity contribution >= 4 is 17.9 Å². The Kier molecular flexibility index (Phi) is 3.48. The lowest BCUT2D eigenvalue weighted by molar-refractivity contribution is -0.603. The third kappa shape index (κ3) is 2.49. The average Bonchev–Trinajstić information content (AvgIpc) is 1.87. The predicted octanol–water partition coefficient (Wildman–Crippen LogP) is 0.790. The molecule has 0 aromatic carbocycles.